The maximum Gasteiger partial charge on any atom is 0.153 e. The SMILES string of the molecule is CCCCCCCCCCCCCCCCS(=O)(=O)C1CCC(O)C1. The van der Waals surface area contributed by atoms with E-state index in [0.717, 1.165) is 12.8 Å². The van der Waals surface area contributed by atoms with Gasteiger partial charge in [0.25, 0.3) is 0 Å². The first kappa shape index (κ1) is 23.0. The zero-order valence-electron chi connectivity index (χ0n) is 16.6. The standard InChI is InChI=1S/C21H42O3S/c1-2-3-4-5-6-7-8-9-10-11-12-13-14-15-18-25(23,24)21-17-16-20(22)19-21/h20-22H,2-19H2,1H3. The van der Waals surface area contributed by atoms with Crippen LogP contribution in [0.25, 0.3) is 0 Å². The van der Waals surface area contributed by atoms with Crippen molar-refractivity contribution in [1.29, 1.82) is 0 Å². The predicted octanol–water partition coefficient (Wildman–Crippen LogP) is 5.80. The van der Waals surface area contributed by atoms with E-state index in [1.807, 2.05) is 0 Å². The molecule has 0 heterocycles. The summed E-state index contributed by atoms with van der Waals surface area (Å²) in [6.45, 7) is 2.26. The van der Waals surface area contributed by atoms with Gasteiger partial charge in [-0.05, 0) is 25.7 Å². The molecule has 0 saturated heterocycles. The average Bonchev–Trinajstić information content (AvgIpc) is 3.02. The minimum Gasteiger partial charge on any atom is -0.393 e. The molecule has 0 aliphatic heterocycles. The van der Waals surface area contributed by atoms with Crippen LogP contribution in [-0.2, 0) is 9.84 Å². The molecule has 2 unspecified atom stereocenters. The summed E-state index contributed by atoms with van der Waals surface area (Å²) in [6, 6.07) is 0. The number of unbranched alkanes of at least 4 members (excludes halogenated alkanes) is 13. The fraction of sp³-hybridized carbons (Fsp3) is 1.00. The molecule has 0 radical (unpaired) electrons. The number of rotatable bonds is 16. The van der Waals surface area contributed by atoms with Gasteiger partial charge in [-0.25, -0.2) is 8.42 Å². The molecule has 1 rings (SSSR count). The first-order valence-electron chi connectivity index (χ1n) is 11.0. The van der Waals surface area contributed by atoms with E-state index in [0.29, 0.717) is 25.0 Å². The van der Waals surface area contributed by atoms with Gasteiger partial charge in [0.2, 0.25) is 0 Å². The van der Waals surface area contributed by atoms with Crippen LogP contribution in [0.5, 0.6) is 0 Å². The first-order chi connectivity index (χ1) is 12.1. The third-order valence-corrected chi connectivity index (χ3v) is 7.95. The Bertz CT molecular complexity index is 405. The molecule has 2 atom stereocenters. The van der Waals surface area contributed by atoms with Gasteiger partial charge in [-0.1, -0.05) is 90.4 Å². The van der Waals surface area contributed by atoms with Crippen LogP contribution in [0.1, 0.15) is 116 Å². The van der Waals surface area contributed by atoms with Crippen molar-refractivity contribution >= 4 is 9.84 Å². The molecule has 0 spiro atoms. The number of aliphatic hydroxyl groups excluding tert-OH is 1. The van der Waals surface area contributed by atoms with Gasteiger partial charge in [-0.15, -0.1) is 0 Å². The highest BCUT2D eigenvalue weighted by molar-refractivity contribution is 7.92. The van der Waals surface area contributed by atoms with Crippen LogP contribution in [-0.4, -0.2) is 30.6 Å². The Kier molecular flexibility index (Phi) is 12.9. The maximum absolute atomic E-state index is 12.2. The third-order valence-electron chi connectivity index (χ3n) is 5.65. The van der Waals surface area contributed by atoms with E-state index in [-0.39, 0.29) is 5.25 Å². The molecule has 1 fully saturated rings. The van der Waals surface area contributed by atoms with Crippen molar-refractivity contribution in [2.45, 2.75) is 127 Å². The van der Waals surface area contributed by atoms with E-state index in [1.54, 1.807) is 0 Å². The molecular weight excluding hydrogens is 332 g/mol. The molecule has 0 aromatic rings. The lowest BCUT2D eigenvalue weighted by atomic mass is 10.0. The molecular formula is C21H42O3S. The van der Waals surface area contributed by atoms with Gasteiger partial charge in [0.1, 0.15) is 0 Å². The van der Waals surface area contributed by atoms with Crippen molar-refractivity contribution < 1.29 is 13.5 Å². The Morgan fingerprint density at radius 1 is 0.720 bits per heavy atom. The van der Waals surface area contributed by atoms with Crippen LogP contribution < -0.4 is 0 Å². The summed E-state index contributed by atoms with van der Waals surface area (Å²) in [5.41, 5.74) is 0. The second-order valence-electron chi connectivity index (χ2n) is 8.05. The van der Waals surface area contributed by atoms with E-state index in [1.165, 1.54) is 77.0 Å². The van der Waals surface area contributed by atoms with E-state index in [9.17, 15) is 13.5 Å². The maximum atomic E-state index is 12.2. The Balaban J connectivity index is 1.84. The van der Waals surface area contributed by atoms with Crippen molar-refractivity contribution in [3.8, 4) is 0 Å². The van der Waals surface area contributed by atoms with Crippen molar-refractivity contribution in [2.24, 2.45) is 0 Å². The highest BCUT2D eigenvalue weighted by Crippen LogP contribution is 2.26. The summed E-state index contributed by atoms with van der Waals surface area (Å²) in [5, 5.41) is 9.22. The molecule has 1 N–H and O–H groups in total. The van der Waals surface area contributed by atoms with Gasteiger partial charge in [0.15, 0.2) is 9.84 Å². The minimum absolute atomic E-state index is 0.274. The van der Waals surface area contributed by atoms with Gasteiger partial charge in [-0.2, -0.15) is 0 Å². The van der Waals surface area contributed by atoms with Crippen LogP contribution in [0, 0.1) is 0 Å². The molecule has 0 aromatic heterocycles. The van der Waals surface area contributed by atoms with Gasteiger partial charge < -0.3 is 5.11 Å². The van der Waals surface area contributed by atoms with Gasteiger partial charge in [0, 0.05) is 0 Å². The monoisotopic (exact) mass is 374 g/mol. The van der Waals surface area contributed by atoms with Crippen LogP contribution in [0.3, 0.4) is 0 Å². The van der Waals surface area contributed by atoms with E-state index >= 15 is 0 Å². The number of hydrogen-bond donors (Lipinski definition) is 1. The Labute approximate surface area is 156 Å². The molecule has 0 amide bonds. The molecule has 0 aromatic carbocycles. The molecule has 3 nitrogen and oxygen atoms in total. The average molecular weight is 375 g/mol. The zero-order chi connectivity index (χ0) is 18.4. The lowest BCUT2D eigenvalue weighted by Crippen LogP contribution is -2.22. The molecule has 1 saturated carbocycles. The molecule has 1 aliphatic carbocycles. The van der Waals surface area contributed by atoms with Crippen molar-refractivity contribution in [1.82, 2.24) is 0 Å². The molecule has 4 heteroatoms. The zero-order valence-corrected chi connectivity index (χ0v) is 17.4. The lowest BCUT2D eigenvalue weighted by molar-refractivity contribution is 0.183. The normalized spacial score (nSPS) is 21.0. The van der Waals surface area contributed by atoms with E-state index in [4.69, 9.17) is 0 Å². The summed E-state index contributed by atoms with van der Waals surface area (Å²) in [6.07, 6.45) is 19.4. The van der Waals surface area contributed by atoms with Gasteiger partial charge in [0.05, 0.1) is 17.1 Å². The second-order valence-corrected chi connectivity index (χ2v) is 10.5. The van der Waals surface area contributed by atoms with Crippen molar-refractivity contribution in [2.75, 3.05) is 5.75 Å². The van der Waals surface area contributed by atoms with Crippen molar-refractivity contribution in [3.05, 3.63) is 0 Å². The van der Waals surface area contributed by atoms with Crippen molar-refractivity contribution in [3.63, 3.8) is 0 Å². The van der Waals surface area contributed by atoms with Crippen LogP contribution in [0.2, 0.25) is 0 Å². The fourth-order valence-electron chi connectivity index (χ4n) is 3.91. The second kappa shape index (κ2) is 14.0. The van der Waals surface area contributed by atoms with Crippen LogP contribution in [0.4, 0.5) is 0 Å². The van der Waals surface area contributed by atoms with Gasteiger partial charge >= 0.3 is 0 Å². The number of sulfone groups is 1. The topological polar surface area (TPSA) is 54.4 Å². The van der Waals surface area contributed by atoms with Gasteiger partial charge in [-0.3, -0.25) is 0 Å². The van der Waals surface area contributed by atoms with Crippen LogP contribution >= 0.6 is 0 Å². The minimum atomic E-state index is -2.97. The highest BCUT2D eigenvalue weighted by Gasteiger charge is 2.32. The smallest absolute Gasteiger partial charge is 0.153 e. The Hall–Kier alpha value is -0.0900. The highest BCUT2D eigenvalue weighted by atomic mass is 32.2. The quantitative estimate of drug-likeness (QED) is 0.348. The number of hydrogen-bond acceptors (Lipinski definition) is 3. The summed E-state index contributed by atoms with van der Waals surface area (Å²) in [7, 11) is -2.97. The Morgan fingerprint density at radius 2 is 1.16 bits per heavy atom. The molecule has 25 heavy (non-hydrogen) atoms. The summed E-state index contributed by atoms with van der Waals surface area (Å²) < 4.78 is 24.4. The third kappa shape index (κ3) is 11.3. The van der Waals surface area contributed by atoms with Crippen LogP contribution in [0.15, 0.2) is 0 Å². The lowest BCUT2D eigenvalue weighted by Gasteiger charge is -2.11. The molecule has 0 bridgehead atoms. The van der Waals surface area contributed by atoms with E-state index in [2.05, 4.69) is 6.92 Å². The number of aliphatic hydroxyl groups is 1. The Morgan fingerprint density at radius 3 is 1.56 bits per heavy atom. The summed E-state index contributed by atoms with van der Waals surface area (Å²) in [4.78, 5) is 0. The predicted molar refractivity (Wildman–Crippen MR) is 108 cm³/mol. The largest absolute Gasteiger partial charge is 0.393 e. The summed E-state index contributed by atoms with van der Waals surface area (Å²) in [5.74, 6) is 0.322. The molecule has 150 valence electrons. The first-order valence-corrected chi connectivity index (χ1v) is 12.7. The molecule has 1 aliphatic rings. The summed E-state index contributed by atoms with van der Waals surface area (Å²) >= 11 is 0. The fourth-order valence-corrected chi connectivity index (χ4v) is 5.86. The van der Waals surface area contributed by atoms with E-state index < -0.39 is 15.9 Å².